The lowest BCUT2D eigenvalue weighted by molar-refractivity contribution is -0.692. The van der Waals surface area contributed by atoms with Crippen molar-refractivity contribution in [2.24, 2.45) is 0 Å². The highest BCUT2D eigenvalue weighted by Gasteiger charge is 2.35. The van der Waals surface area contributed by atoms with Crippen molar-refractivity contribution in [1.82, 2.24) is 4.90 Å². The Kier molecular flexibility index (Phi) is 4.40. The van der Waals surface area contributed by atoms with Gasteiger partial charge in [0.2, 0.25) is 0 Å². The van der Waals surface area contributed by atoms with Crippen molar-refractivity contribution in [3.05, 3.63) is 70.8 Å². The number of hydrogen-bond acceptors (Lipinski definition) is 2. The standard InChI is InChI=1S/C18H16F2N2O2/c1-11(13-7-6-12(19)10-16(13)20)21-8-9-22-17(23)14-4-2-3-5-15(14)18(22)24/h2-7,10-11,21H,8-9H2,1H3/p+1/t11-/m1/s1. The minimum absolute atomic E-state index is 0.236. The van der Waals surface area contributed by atoms with Crippen LogP contribution >= 0.6 is 0 Å². The fourth-order valence-corrected chi connectivity index (χ4v) is 2.89. The fraction of sp³-hybridized carbons (Fsp3) is 0.222. The van der Waals surface area contributed by atoms with Gasteiger partial charge in [-0.05, 0) is 31.2 Å². The zero-order valence-corrected chi connectivity index (χ0v) is 13.1. The Morgan fingerprint density at radius 1 is 1.04 bits per heavy atom. The number of imide groups is 1. The molecule has 0 bridgehead atoms. The number of rotatable bonds is 5. The smallest absolute Gasteiger partial charge is 0.261 e. The number of quaternary nitrogens is 1. The largest absolute Gasteiger partial charge is 0.339 e. The Balaban J connectivity index is 1.61. The molecule has 0 radical (unpaired) electrons. The molecule has 3 rings (SSSR count). The van der Waals surface area contributed by atoms with Gasteiger partial charge in [-0.25, -0.2) is 8.78 Å². The Hall–Kier alpha value is -2.60. The second-order valence-corrected chi connectivity index (χ2v) is 5.79. The summed E-state index contributed by atoms with van der Waals surface area (Å²) in [5.41, 5.74) is 1.22. The quantitative estimate of drug-likeness (QED) is 0.851. The second-order valence-electron chi connectivity index (χ2n) is 5.79. The van der Waals surface area contributed by atoms with Gasteiger partial charge in [-0.15, -0.1) is 0 Å². The third-order valence-corrected chi connectivity index (χ3v) is 4.20. The number of fused-ring (bicyclic) bond motifs is 1. The predicted molar refractivity (Wildman–Crippen MR) is 83.4 cm³/mol. The van der Waals surface area contributed by atoms with Crippen molar-refractivity contribution in [2.75, 3.05) is 13.1 Å². The van der Waals surface area contributed by atoms with Crippen LogP contribution in [-0.2, 0) is 0 Å². The molecule has 0 aromatic heterocycles. The molecule has 2 aromatic rings. The van der Waals surface area contributed by atoms with Gasteiger partial charge in [0.15, 0.2) is 0 Å². The molecule has 1 atom stereocenters. The first kappa shape index (κ1) is 16.3. The zero-order valence-electron chi connectivity index (χ0n) is 13.1. The zero-order chi connectivity index (χ0) is 17.3. The molecule has 0 fully saturated rings. The Morgan fingerprint density at radius 3 is 2.25 bits per heavy atom. The lowest BCUT2D eigenvalue weighted by Crippen LogP contribution is -2.86. The van der Waals surface area contributed by atoms with Crippen LogP contribution in [0.25, 0.3) is 0 Å². The summed E-state index contributed by atoms with van der Waals surface area (Å²) in [5.74, 6) is -1.82. The molecule has 1 heterocycles. The van der Waals surface area contributed by atoms with Crippen LogP contribution < -0.4 is 5.32 Å². The van der Waals surface area contributed by atoms with E-state index in [0.29, 0.717) is 23.2 Å². The first-order valence-corrected chi connectivity index (χ1v) is 7.72. The SMILES string of the molecule is C[C@@H]([NH2+]CCN1C(=O)c2ccccc2C1=O)c1ccc(F)cc1F. The summed E-state index contributed by atoms with van der Waals surface area (Å²) in [4.78, 5) is 25.7. The van der Waals surface area contributed by atoms with Gasteiger partial charge >= 0.3 is 0 Å². The van der Waals surface area contributed by atoms with Crippen LogP contribution in [0.15, 0.2) is 42.5 Å². The second kappa shape index (κ2) is 6.49. The topological polar surface area (TPSA) is 54.0 Å². The Morgan fingerprint density at radius 2 is 1.67 bits per heavy atom. The van der Waals surface area contributed by atoms with E-state index in [0.717, 1.165) is 6.07 Å². The van der Waals surface area contributed by atoms with Crippen LogP contribution in [0.5, 0.6) is 0 Å². The molecular formula is C18H17F2N2O2+. The number of carbonyl (C=O) groups excluding carboxylic acids is 2. The van der Waals surface area contributed by atoms with E-state index in [4.69, 9.17) is 0 Å². The van der Waals surface area contributed by atoms with E-state index in [2.05, 4.69) is 0 Å². The van der Waals surface area contributed by atoms with Gasteiger partial charge < -0.3 is 5.32 Å². The maximum atomic E-state index is 13.8. The summed E-state index contributed by atoms with van der Waals surface area (Å²) in [6, 6.07) is 9.94. The summed E-state index contributed by atoms with van der Waals surface area (Å²) in [5, 5.41) is 1.82. The van der Waals surface area contributed by atoms with Crippen LogP contribution in [0, 0.1) is 11.6 Å². The summed E-state index contributed by atoms with van der Waals surface area (Å²) in [6.07, 6.45) is 0. The average Bonchev–Trinajstić information content (AvgIpc) is 2.80. The van der Waals surface area contributed by atoms with Gasteiger partial charge in [0.1, 0.15) is 17.7 Å². The number of amides is 2. The molecule has 124 valence electrons. The molecule has 0 saturated carbocycles. The molecule has 0 spiro atoms. The van der Waals surface area contributed by atoms with Gasteiger partial charge in [0.25, 0.3) is 11.8 Å². The van der Waals surface area contributed by atoms with Gasteiger partial charge in [0, 0.05) is 11.6 Å². The summed E-state index contributed by atoms with van der Waals surface area (Å²) >= 11 is 0. The number of hydrogen-bond donors (Lipinski definition) is 1. The molecule has 4 nitrogen and oxygen atoms in total. The number of carbonyl (C=O) groups is 2. The molecular weight excluding hydrogens is 314 g/mol. The minimum atomic E-state index is -0.616. The highest BCUT2D eigenvalue weighted by atomic mass is 19.1. The summed E-state index contributed by atoms with van der Waals surface area (Å²) < 4.78 is 26.7. The molecule has 0 aliphatic carbocycles. The van der Waals surface area contributed by atoms with Crippen molar-refractivity contribution in [1.29, 1.82) is 0 Å². The van der Waals surface area contributed by atoms with Crippen molar-refractivity contribution in [2.45, 2.75) is 13.0 Å². The van der Waals surface area contributed by atoms with Crippen LogP contribution in [0.4, 0.5) is 8.78 Å². The van der Waals surface area contributed by atoms with Crippen molar-refractivity contribution < 1.29 is 23.7 Å². The highest BCUT2D eigenvalue weighted by Crippen LogP contribution is 2.21. The Labute approximate surface area is 138 Å². The van der Waals surface area contributed by atoms with Gasteiger partial charge in [-0.3, -0.25) is 14.5 Å². The highest BCUT2D eigenvalue weighted by molar-refractivity contribution is 6.21. The molecule has 1 aliphatic rings. The van der Waals surface area contributed by atoms with E-state index in [1.807, 2.05) is 5.32 Å². The average molecular weight is 331 g/mol. The van der Waals surface area contributed by atoms with Crippen LogP contribution in [0.1, 0.15) is 39.2 Å². The molecule has 1 aliphatic heterocycles. The number of benzene rings is 2. The van der Waals surface area contributed by atoms with E-state index in [-0.39, 0.29) is 24.4 Å². The van der Waals surface area contributed by atoms with Crippen molar-refractivity contribution in [3.8, 4) is 0 Å². The molecule has 2 N–H and O–H groups in total. The summed E-state index contributed by atoms with van der Waals surface area (Å²) in [7, 11) is 0. The molecule has 0 saturated heterocycles. The fourth-order valence-electron chi connectivity index (χ4n) is 2.89. The first-order chi connectivity index (χ1) is 11.5. The molecule has 0 unspecified atom stereocenters. The Bertz CT molecular complexity index is 772. The van der Waals surface area contributed by atoms with E-state index < -0.39 is 11.6 Å². The van der Waals surface area contributed by atoms with Crippen molar-refractivity contribution in [3.63, 3.8) is 0 Å². The molecule has 2 aromatic carbocycles. The van der Waals surface area contributed by atoms with E-state index in [1.54, 1.807) is 31.2 Å². The van der Waals surface area contributed by atoms with E-state index in [9.17, 15) is 18.4 Å². The van der Waals surface area contributed by atoms with Gasteiger partial charge in [-0.1, -0.05) is 12.1 Å². The third-order valence-electron chi connectivity index (χ3n) is 4.20. The first-order valence-electron chi connectivity index (χ1n) is 7.72. The molecule has 24 heavy (non-hydrogen) atoms. The van der Waals surface area contributed by atoms with E-state index in [1.165, 1.54) is 17.0 Å². The minimum Gasteiger partial charge on any atom is -0.339 e. The van der Waals surface area contributed by atoms with Crippen LogP contribution in [-0.4, -0.2) is 29.8 Å². The van der Waals surface area contributed by atoms with Gasteiger partial charge in [0.05, 0.1) is 24.2 Å². The van der Waals surface area contributed by atoms with E-state index >= 15 is 0 Å². The summed E-state index contributed by atoms with van der Waals surface area (Å²) in [6.45, 7) is 2.46. The van der Waals surface area contributed by atoms with Crippen LogP contribution in [0.3, 0.4) is 0 Å². The number of halogens is 2. The molecule has 2 amide bonds. The molecule has 6 heteroatoms. The third kappa shape index (κ3) is 2.92. The maximum Gasteiger partial charge on any atom is 0.261 e. The lowest BCUT2D eigenvalue weighted by Gasteiger charge is -2.16. The maximum absolute atomic E-state index is 13.8. The number of nitrogens with two attached hydrogens (primary N) is 1. The number of nitrogens with zero attached hydrogens (tertiary/aromatic N) is 1. The van der Waals surface area contributed by atoms with Gasteiger partial charge in [-0.2, -0.15) is 0 Å². The van der Waals surface area contributed by atoms with Crippen LogP contribution in [0.2, 0.25) is 0 Å². The lowest BCUT2D eigenvalue weighted by atomic mass is 10.1. The monoisotopic (exact) mass is 331 g/mol. The van der Waals surface area contributed by atoms with Crippen molar-refractivity contribution >= 4 is 11.8 Å². The normalized spacial score (nSPS) is 14.9. The predicted octanol–water partition coefficient (Wildman–Crippen LogP) is 1.89.